The zero-order chi connectivity index (χ0) is 11.1. The summed E-state index contributed by atoms with van der Waals surface area (Å²) < 4.78 is 0. The molecule has 0 aliphatic carbocycles. The molecule has 0 saturated carbocycles. The maximum absolute atomic E-state index is 11.6. The monoisotopic (exact) mass is 216 g/mol. The summed E-state index contributed by atoms with van der Waals surface area (Å²) in [6.45, 7) is 7.76. The second-order valence-electron chi connectivity index (χ2n) is 3.59. The molecule has 82 valence electrons. The van der Waals surface area contributed by atoms with E-state index in [1.54, 1.807) is 0 Å². The van der Waals surface area contributed by atoms with Crippen molar-refractivity contribution in [3.05, 3.63) is 0 Å². The minimum absolute atomic E-state index is 0.0419. The Morgan fingerprint density at radius 2 is 2.07 bits per heavy atom. The van der Waals surface area contributed by atoms with Crippen molar-refractivity contribution in [1.29, 1.82) is 0 Å². The SMILES string of the molecule is CCC(C)CN(CC)C(=O)CC(N)=S. The quantitative estimate of drug-likeness (QED) is 0.685. The Kier molecular flexibility index (Phi) is 6.45. The van der Waals surface area contributed by atoms with Gasteiger partial charge in [0.15, 0.2) is 0 Å². The summed E-state index contributed by atoms with van der Waals surface area (Å²) in [5.74, 6) is 0.575. The van der Waals surface area contributed by atoms with E-state index in [1.165, 1.54) is 0 Å². The van der Waals surface area contributed by atoms with Gasteiger partial charge in [-0.3, -0.25) is 4.79 Å². The van der Waals surface area contributed by atoms with Gasteiger partial charge in [0, 0.05) is 13.1 Å². The summed E-state index contributed by atoms with van der Waals surface area (Å²) in [4.78, 5) is 13.7. The fraction of sp³-hybridized carbons (Fsp3) is 0.800. The third-order valence-corrected chi connectivity index (χ3v) is 2.43. The van der Waals surface area contributed by atoms with Crippen LogP contribution in [0.5, 0.6) is 0 Å². The zero-order valence-electron chi connectivity index (χ0n) is 9.25. The first kappa shape index (κ1) is 13.4. The normalized spacial score (nSPS) is 12.2. The van der Waals surface area contributed by atoms with Crippen LogP contribution in [0, 0.1) is 5.92 Å². The van der Waals surface area contributed by atoms with Crippen LogP contribution < -0.4 is 5.73 Å². The van der Waals surface area contributed by atoms with Crippen LogP contribution in [0.25, 0.3) is 0 Å². The molecule has 4 heteroatoms. The third kappa shape index (κ3) is 5.17. The zero-order valence-corrected chi connectivity index (χ0v) is 10.1. The van der Waals surface area contributed by atoms with Crippen LogP contribution in [0.15, 0.2) is 0 Å². The van der Waals surface area contributed by atoms with Crippen LogP contribution in [0.2, 0.25) is 0 Å². The number of hydrogen-bond acceptors (Lipinski definition) is 2. The van der Waals surface area contributed by atoms with Gasteiger partial charge in [-0.15, -0.1) is 0 Å². The number of carbonyl (C=O) groups is 1. The molecule has 1 amide bonds. The van der Waals surface area contributed by atoms with Gasteiger partial charge < -0.3 is 10.6 Å². The molecule has 0 aromatic heterocycles. The number of rotatable bonds is 6. The molecular formula is C10H20N2OS. The van der Waals surface area contributed by atoms with Crippen LogP contribution in [0.4, 0.5) is 0 Å². The van der Waals surface area contributed by atoms with Gasteiger partial charge in [0.1, 0.15) is 0 Å². The molecule has 14 heavy (non-hydrogen) atoms. The lowest BCUT2D eigenvalue weighted by molar-refractivity contribution is -0.130. The van der Waals surface area contributed by atoms with Gasteiger partial charge in [-0.1, -0.05) is 32.5 Å². The number of carbonyl (C=O) groups excluding carboxylic acids is 1. The van der Waals surface area contributed by atoms with Crippen molar-refractivity contribution in [1.82, 2.24) is 4.90 Å². The van der Waals surface area contributed by atoms with E-state index in [4.69, 9.17) is 18.0 Å². The van der Waals surface area contributed by atoms with Gasteiger partial charge in [0.25, 0.3) is 0 Å². The van der Waals surface area contributed by atoms with Crippen molar-refractivity contribution < 1.29 is 4.79 Å². The molecule has 0 aromatic rings. The Hall–Kier alpha value is -0.640. The highest BCUT2D eigenvalue weighted by atomic mass is 32.1. The second kappa shape index (κ2) is 6.76. The predicted molar refractivity (Wildman–Crippen MR) is 63.1 cm³/mol. The average Bonchev–Trinajstić information content (AvgIpc) is 2.12. The highest BCUT2D eigenvalue weighted by Crippen LogP contribution is 2.05. The van der Waals surface area contributed by atoms with E-state index in [0.717, 1.165) is 19.5 Å². The largest absolute Gasteiger partial charge is 0.393 e. The standard InChI is InChI=1S/C10H20N2OS/c1-4-8(3)7-12(5-2)10(13)6-9(11)14/h8H,4-7H2,1-3H3,(H2,11,14). The Morgan fingerprint density at radius 3 is 2.43 bits per heavy atom. The number of thiocarbonyl (C=S) groups is 1. The van der Waals surface area contributed by atoms with Gasteiger partial charge in [-0.25, -0.2) is 0 Å². The lowest BCUT2D eigenvalue weighted by Crippen LogP contribution is -2.36. The maximum Gasteiger partial charge on any atom is 0.229 e. The minimum atomic E-state index is 0.0419. The second-order valence-corrected chi connectivity index (χ2v) is 4.11. The molecule has 0 spiro atoms. The van der Waals surface area contributed by atoms with Crippen molar-refractivity contribution in [3.8, 4) is 0 Å². The summed E-state index contributed by atoms with van der Waals surface area (Å²) in [6, 6.07) is 0. The molecule has 2 N–H and O–H groups in total. The van der Waals surface area contributed by atoms with Gasteiger partial charge >= 0.3 is 0 Å². The summed E-state index contributed by atoms with van der Waals surface area (Å²) in [5.41, 5.74) is 5.33. The minimum Gasteiger partial charge on any atom is -0.393 e. The van der Waals surface area contributed by atoms with Crippen molar-refractivity contribution in [2.75, 3.05) is 13.1 Å². The number of nitrogens with zero attached hydrogens (tertiary/aromatic N) is 1. The van der Waals surface area contributed by atoms with E-state index in [0.29, 0.717) is 5.92 Å². The molecule has 0 aliphatic rings. The van der Waals surface area contributed by atoms with Crippen LogP contribution in [0.3, 0.4) is 0 Å². The highest BCUT2D eigenvalue weighted by molar-refractivity contribution is 7.80. The number of amides is 1. The van der Waals surface area contributed by atoms with Crippen LogP contribution in [0.1, 0.15) is 33.6 Å². The first-order valence-corrected chi connectivity index (χ1v) is 5.48. The molecule has 0 heterocycles. The van der Waals surface area contributed by atoms with E-state index in [9.17, 15) is 4.79 Å². The molecule has 1 unspecified atom stereocenters. The fourth-order valence-electron chi connectivity index (χ4n) is 1.17. The molecule has 0 rings (SSSR count). The van der Waals surface area contributed by atoms with E-state index in [2.05, 4.69) is 13.8 Å². The van der Waals surface area contributed by atoms with Gasteiger partial charge in [-0.05, 0) is 12.8 Å². The molecule has 0 aliphatic heterocycles. The number of nitrogens with two attached hydrogens (primary N) is 1. The van der Waals surface area contributed by atoms with Crippen molar-refractivity contribution >= 4 is 23.1 Å². The Bertz CT molecular complexity index is 206. The lowest BCUT2D eigenvalue weighted by Gasteiger charge is -2.23. The maximum atomic E-state index is 11.6. The summed E-state index contributed by atoms with van der Waals surface area (Å²) in [5, 5.41) is 0. The molecule has 1 atom stereocenters. The molecule has 0 bridgehead atoms. The molecule has 3 nitrogen and oxygen atoms in total. The molecule has 0 aromatic carbocycles. The summed E-state index contributed by atoms with van der Waals surface area (Å²) >= 11 is 4.71. The molecular weight excluding hydrogens is 196 g/mol. The van der Waals surface area contributed by atoms with E-state index in [1.807, 2.05) is 11.8 Å². The average molecular weight is 216 g/mol. The number of hydrogen-bond donors (Lipinski definition) is 1. The first-order chi connectivity index (χ1) is 6.51. The smallest absolute Gasteiger partial charge is 0.229 e. The fourth-order valence-corrected chi connectivity index (χ4v) is 1.30. The molecule has 0 radical (unpaired) electrons. The van der Waals surface area contributed by atoms with E-state index in [-0.39, 0.29) is 17.3 Å². The van der Waals surface area contributed by atoms with Crippen LogP contribution >= 0.6 is 12.2 Å². The van der Waals surface area contributed by atoms with Crippen LogP contribution in [-0.2, 0) is 4.79 Å². The molecule has 0 saturated heterocycles. The van der Waals surface area contributed by atoms with Gasteiger partial charge in [0.2, 0.25) is 5.91 Å². The summed E-state index contributed by atoms with van der Waals surface area (Å²) in [7, 11) is 0. The topological polar surface area (TPSA) is 46.3 Å². The van der Waals surface area contributed by atoms with E-state index >= 15 is 0 Å². The van der Waals surface area contributed by atoms with Crippen molar-refractivity contribution in [2.45, 2.75) is 33.6 Å². The van der Waals surface area contributed by atoms with Gasteiger partial charge in [0.05, 0.1) is 11.4 Å². The predicted octanol–water partition coefficient (Wildman–Crippen LogP) is 1.56. The van der Waals surface area contributed by atoms with Crippen molar-refractivity contribution in [3.63, 3.8) is 0 Å². The Morgan fingerprint density at radius 1 is 1.50 bits per heavy atom. The van der Waals surface area contributed by atoms with E-state index < -0.39 is 0 Å². The third-order valence-electron chi connectivity index (χ3n) is 2.29. The highest BCUT2D eigenvalue weighted by Gasteiger charge is 2.14. The van der Waals surface area contributed by atoms with Crippen molar-refractivity contribution in [2.24, 2.45) is 11.7 Å². The van der Waals surface area contributed by atoms with Crippen LogP contribution in [-0.4, -0.2) is 28.9 Å². The first-order valence-electron chi connectivity index (χ1n) is 5.07. The summed E-state index contributed by atoms with van der Waals surface area (Å²) in [6.07, 6.45) is 1.27. The molecule has 0 fully saturated rings. The van der Waals surface area contributed by atoms with Gasteiger partial charge in [-0.2, -0.15) is 0 Å². The Balaban J connectivity index is 4.12. The Labute approximate surface area is 91.6 Å². The lowest BCUT2D eigenvalue weighted by atomic mass is 10.1.